The van der Waals surface area contributed by atoms with Crippen molar-refractivity contribution < 1.29 is 17.9 Å². The summed E-state index contributed by atoms with van der Waals surface area (Å²) in [7, 11) is -2.07. The third-order valence-electron chi connectivity index (χ3n) is 5.15. The van der Waals surface area contributed by atoms with Gasteiger partial charge < -0.3 is 9.64 Å². The van der Waals surface area contributed by atoms with Crippen molar-refractivity contribution in [2.24, 2.45) is 0 Å². The number of carbonyl (C=O) groups is 1. The number of nitrogens with zero attached hydrogens (tertiary/aromatic N) is 2. The maximum absolute atomic E-state index is 12.7. The van der Waals surface area contributed by atoms with Gasteiger partial charge in [-0.15, -0.1) is 11.3 Å². The number of para-hydroxylation sites is 1. The van der Waals surface area contributed by atoms with Crippen LogP contribution in [0.25, 0.3) is 0 Å². The van der Waals surface area contributed by atoms with E-state index in [2.05, 4.69) is 0 Å². The predicted octanol–water partition coefficient (Wildman–Crippen LogP) is 3.93. The first-order chi connectivity index (χ1) is 14.4. The second-order valence-corrected chi connectivity index (χ2v) is 10.3. The summed E-state index contributed by atoms with van der Waals surface area (Å²) >= 11 is 1.18. The van der Waals surface area contributed by atoms with Crippen molar-refractivity contribution in [2.75, 3.05) is 22.9 Å². The van der Waals surface area contributed by atoms with Gasteiger partial charge in [0.25, 0.3) is 15.9 Å². The molecule has 1 aromatic heterocycles. The average Bonchev–Trinajstić information content (AvgIpc) is 3.39. The lowest BCUT2D eigenvalue weighted by atomic mass is 10.1. The van der Waals surface area contributed by atoms with Gasteiger partial charge in [-0.2, -0.15) is 0 Å². The molecule has 1 aliphatic rings. The lowest BCUT2D eigenvalue weighted by molar-refractivity contribution is -0.120. The van der Waals surface area contributed by atoms with Gasteiger partial charge in [0.2, 0.25) is 0 Å². The summed E-state index contributed by atoms with van der Waals surface area (Å²) in [6.07, 6.45) is 0.835. The molecule has 3 aromatic rings. The van der Waals surface area contributed by atoms with E-state index in [0.29, 0.717) is 11.4 Å². The van der Waals surface area contributed by atoms with Crippen LogP contribution in [-0.4, -0.2) is 34.0 Å². The minimum absolute atomic E-state index is 0.0820. The number of carbonyl (C=O) groups excluding carboxylic acids is 1. The minimum atomic E-state index is -3.58. The van der Waals surface area contributed by atoms with Crippen molar-refractivity contribution in [3.8, 4) is 5.75 Å². The Morgan fingerprint density at radius 3 is 2.57 bits per heavy atom. The summed E-state index contributed by atoms with van der Waals surface area (Å²) in [5.74, 6) is 0.406. The van der Waals surface area contributed by atoms with Crippen LogP contribution < -0.4 is 13.9 Å². The van der Waals surface area contributed by atoms with Crippen molar-refractivity contribution >= 4 is 38.6 Å². The van der Waals surface area contributed by atoms with Crippen molar-refractivity contribution in [3.05, 3.63) is 71.6 Å². The van der Waals surface area contributed by atoms with Crippen LogP contribution in [0.3, 0.4) is 0 Å². The van der Waals surface area contributed by atoms with E-state index in [9.17, 15) is 13.2 Å². The van der Waals surface area contributed by atoms with Gasteiger partial charge in [0.15, 0.2) is 6.61 Å². The molecule has 1 unspecified atom stereocenters. The van der Waals surface area contributed by atoms with Crippen LogP contribution in [0.4, 0.5) is 11.4 Å². The van der Waals surface area contributed by atoms with Crippen LogP contribution in [0.5, 0.6) is 5.75 Å². The third kappa shape index (κ3) is 3.80. The normalized spacial score (nSPS) is 15.7. The number of sulfonamides is 1. The SMILES string of the molecule is CC1Cc2ccccc2N1C(=O)COc1ccc(N(C)S(=O)(=O)c2cccs2)cc1. The monoisotopic (exact) mass is 442 g/mol. The molecular weight excluding hydrogens is 420 g/mol. The highest BCUT2D eigenvalue weighted by Crippen LogP contribution is 2.32. The Labute approximate surface area is 180 Å². The van der Waals surface area contributed by atoms with Crippen LogP contribution >= 0.6 is 11.3 Å². The molecule has 1 atom stereocenters. The van der Waals surface area contributed by atoms with Gasteiger partial charge in [-0.1, -0.05) is 24.3 Å². The maximum Gasteiger partial charge on any atom is 0.273 e. The van der Waals surface area contributed by atoms with Crippen molar-refractivity contribution in [3.63, 3.8) is 0 Å². The number of ether oxygens (including phenoxy) is 1. The van der Waals surface area contributed by atoms with E-state index in [0.717, 1.165) is 17.7 Å². The molecule has 30 heavy (non-hydrogen) atoms. The van der Waals surface area contributed by atoms with Gasteiger partial charge in [0.05, 0.1) is 5.69 Å². The van der Waals surface area contributed by atoms with Crippen LogP contribution in [0, 0.1) is 0 Å². The summed E-state index contributed by atoms with van der Waals surface area (Å²) < 4.78 is 32.5. The zero-order valence-corrected chi connectivity index (χ0v) is 18.3. The minimum Gasteiger partial charge on any atom is -0.484 e. The molecule has 4 rings (SSSR count). The van der Waals surface area contributed by atoms with Crippen molar-refractivity contribution in [1.29, 1.82) is 0 Å². The van der Waals surface area contributed by atoms with Crippen LogP contribution in [0.1, 0.15) is 12.5 Å². The van der Waals surface area contributed by atoms with Gasteiger partial charge >= 0.3 is 0 Å². The fourth-order valence-electron chi connectivity index (χ4n) is 3.60. The molecule has 6 nitrogen and oxygen atoms in total. The molecule has 0 bridgehead atoms. The lowest BCUT2D eigenvalue weighted by Crippen LogP contribution is -2.39. The molecule has 0 saturated heterocycles. The van der Waals surface area contributed by atoms with Gasteiger partial charge in [-0.25, -0.2) is 8.42 Å². The predicted molar refractivity (Wildman–Crippen MR) is 119 cm³/mol. The molecule has 2 aromatic carbocycles. The van der Waals surface area contributed by atoms with Gasteiger partial charge in [0.1, 0.15) is 9.96 Å². The fraction of sp³-hybridized carbons (Fsp3) is 0.227. The van der Waals surface area contributed by atoms with Gasteiger partial charge in [0, 0.05) is 18.8 Å². The number of rotatable bonds is 6. The van der Waals surface area contributed by atoms with Gasteiger partial charge in [-0.05, 0) is 60.7 Å². The topological polar surface area (TPSA) is 66.9 Å². The first-order valence-corrected chi connectivity index (χ1v) is 11.8. The van der Waals surface area contributed by atoms with Crippen LogP contribution in [0.2, 0.25) is 0 Å². The van der Waals surface area contributed by atoms with Crippen LogP contribution in [0.15, 0.2) is 70.3 Å². The first kappa shape index (κ1) is 20.4. The average molecular weight is 443 g/mol. The quantitative estimate of drug-likeness (QED) is 0.580. The summed E-state index contributed by atoms with van der Waals surface area (Å²) in [5, 5.41) is 1.73. The highest BCUT2D eigenvalue weighted by molar-refractivity contribution is 7.94. The van der Waals surface area contributed by atoms with Crippen LogP contribution in [-0.2, 0) is 21.2 Å². The van der Waals surface area contributed by atoms with Crippen molar-refractivity contribution in [1.82, 2.24) is 0 Å². The molecule has 156 valence electrons. The molecule has 0 fully saturated rings. The Hall–Kier alpha value is -2.84. The largest absolute Gasteiger partial charge is 0.484 e. The van der Waals surface area contributed by atoms with E-state index in [-0.39, 0.29) is 22.8 Å². The second-order valence-electron chi connectivity index (χ2n) is 7.13. The Morgan fingerprint density at radius 2 is 1.87 bits per heavy atom. The van der Waals surface area contributed by atoms with E-state index in [1.54, 1.807) is 46.7 Å². The smallest absolute Gasteiger partial charge is 0.273 e. The number of hydrogen-bond donors (Lipinski definition) is 0. The molecule has 1 aliphatic heterocycles. The molecule has 2 heterocycles. The molecule has 0 radical (unpaired) electrons. The van der Waals surface area contributed by atoms with Crippen molar-refractivity contribution in [2.45, 2.75) is 23.6 Å². The lowest BCUT2D eigenvalue weighted by Gasteiger charge is -2.23. The highest BCUT2D eigenvalue weighted by atomic mass is 32.2. The van der Waals surface area contributed by atoms with E-state index in [1.165, 1.54) is 22.7 Å². The number of amides is 1. The first-order valence-electron chi connectivity index (χ1n) is 9.53. The van der Waals surface area contributed by atoms with E-state index < -0.39 is 10.0 Å². The molecule has 0 N–H and O–H groups in total. The standard InChI is InChI=1S/C22H22N2O4S2/c1-16-14-17-6-3-4-7-20(17)24(16)21(25)15-28-19-11-9-18(10-12-19)23(2)30(26,27)22-8-5-13-29-22/h3-13,16H,14-15H2,1-2H3. The summed E-state index contributed by atoms with van der Waals surface area (Å²) in [5.41, 5.74) is 2.62. The molecule has 0 aliphatic carbocycles. The molecule has 8 heteroatoms. The number of thiophene rings is 1. The maximum atomic E-state index is 12.7. The van der Waals surface area contributed by atoms with Gasteiger partial charge in [-0.3, -0.25) is 9.10 Å². The number of fused-ring (bicyclic) bond motifs is 1. The molecule has 1 amide bonds. The zero-order valence-electron chi connectivity index (χ0n) is 16.7. The van der Waals surface area contributed by atoms with E-state index in [4.69, 9.17) is 4.74 Å². The van der Waals surface area contributed by atoms with E-state index in [1.807, 2.05) is 31.2 Å². The number of hydrogen-bond acceptors (Lipinski definition) is 5. The zero-order chi connectivity index (χ0) is 21.3. The Kier molecular flexibility index (Phi) is 5.53. The number of benzene rings is 2. The fourth-order valence-corrected chi connectivity index (χ4v) is 5.95. The highest BCUT2D eigenvalue weighted by Gasteiger charge is 2.30. The number of anilines is 2. The second kappa shape index (κ2) is 8.12. The Morgan fingerprint density at radius 1 is 1.13 bits per heavy atom. The van der Waals surface area contributed by atoms with E-state index >= 15 is 0 Å². The summed E-state index contributed by atoms with van der Waals surface area (Å²) in [4.78, 5) is 14.5. The molecule has 0 saturated carbocycles. The molecule has 0 spiro atoms. The Balaban J connectivity index is 1.41. The summed E-state index contributed by atoms with van der Waals surface area (Å²) in [6, 6.07) is 18.0. The molecular formula is C22H22N2O4S2. The Bertz CT molecular complexity index is 1140. The third-order valence-corrected chi connectivity index (χ3v) is 8.31. The summed E-state index contributed by atoms with van der Waals surface area (Å²) in [6.45, 7) is 1.94.